The molecule has 8 nitrogen and oxygen atoms in total. The molecule has 0 aliphatic carbocycles. The van der Waals surface area contributed by atoms with Crippen LogP contribution in [0.2, 0.25) is 0 Å². The number of aromatic carboxylic acids is 1. The Morgan fingerprint density at radius 2 is 1.88 bits per heavy atom. The van der Waals surface area contributed by atoms with Gasteiger partial charge in [0, 0.05) is 11.5 Å². The molecule has 0 radical (unpaired) electrons. The number of nitrogens with one attached hydrogen (secondary N) is 1. The lowest BCUT2D eigenvalue weighted by molar-refractivity contribution is 0.0691. The summed E-state index contributed by atoms with van der Waals surface area (Å²) in [7, 11) is 2.82. The van der Waals surface area contributed by atoms with Crippen LogP contribution in [0.1, 0.15) is 47.7 Å². The van der Waals surface area contributed by atoms with Crippen molar-refractivity contribution >= 4 is 28.1 Å². The highest BCUT2D eigenvalue weighted by atomic mass is 19.1. The van der Waals surface area contributed by atoms with E-state index in [4.69, 9.17) is 9.47 Å². The Hall–Kier alpha value is -3.98. The van der Waals surface area contributed by atoms with Crippen LogP contribution in [0, 0.1) is 10.7 Å². The van der Waals surface area contributed by atoms with E-state index in [9.17, 15) is 20.0 Å². The van der Waals surface area contributed by atoms with Crippen molar-refractivity contribution in [2.75, 3.05) is 19.7 Å². The second kappa shape index (κ2) is 10.3. The Labute approximate surface area is 195 Å². The highest BCUT2D eigenvalue weighted by Crippen LogP contribution is 2.49. The van der Waals surface area contributed by atoms with Gasteiger partial charge in [-0.15, -0.1) is 4.91 Å². The lowest BCUT2D eigenvalue weighted by atomic mass is 9.84. The lowest BCUT2D eigenvalue weighted by Gasteiger charge is -2.24. The minimum atomic E-state index is -1.38. The van der Waals surface area contributed by atoms with Gasteiger partial charge in [-0.1, -0.05) is 23.8 Å². The van der Waals surface area contributed by atoms with E-state index in [0.29, 0.717) is 17.4 Å². The normalized spacial score (nSPS) is 11.6. The van der Waals surface area contributed by atoms with Crippen molar-refractivity contribution in [3.8, 4) is 11.5 Å². The van der Waals surface area contributed by atoms with Crippen LogP contribution in [-0.4, -0.2) is 30.5 Å². The maximum Gasteiger partial charge on any atom is 0.338 e. The first-order valence-corrected chi connectivity index (χ1v) is 10.4. The Morgan fingerprint density at radius 3 is 2.44 bits per heavy atom. The van der Waals surface area contributed by atoms with Crippen LogP contribution < -0.4 is 15.0 Å². The number of rotatable bonds is 9. The van der Waals surface area contributed by atoms with Crippen LogP contribution in [0.25, 0.3) is 10.8 Å². The molecule has 9 heteroatoms. The summed E-state index contributed by atoms with van der Waals surface area (Å²) < 4.78 is 26.7. The number of halogens is 1. The summed E-state index contributed by atoms with van der Waals surface area (Å²) in [5.74, 6) is -2.41. The average molecular weight is 468 g/mol. The number of carboxylic acids is 1. The van der Waals surface area contributed by atoms with Gasteiger partial charge in [0.2, 0.25) is 0 Å². The molecule has 3 aromatic carbocycles. The van der Waals surface area contributed by atoms with Crippen molar-refractivity contribution in [2.45, 2.75) is 26.2 Å². The van der Waals surface area contributed by atoms with Crippen molar-refractivity contribution in [1.82, 2.24) is 0 Å². The van der Waals surface area contributed by atoms with E-state index >= 15 is 4.39 Å². The molecule has 0 aliphatic heterocycles. The highest BCUT2D eigenvalue weighted by Gasteiger charge is 2.28. The molecule has 1 unspecified atom stereocenters. The fraction of sp³-hybridized carbons (Fsp3) is 0.240. The van der Waals surface area contributed by atoms with Crippen LogP contribution in [-0.2, 0) is 0 Å². The number of anilines is 1. The standard InChI is InChI=1S/C25H25FN2O6/c1-13(2)8-9-14(15-6-5-7-16(23(15)26)25(29)30)17-12-20(33-3)21-18(27-31)10-11-19(28-32)22(21)24(17)34-4/h5-8,10-12,14,27,31H,9H2,1-4H3,(H,29,30). The Balaban J connectivity index is 2.47. The number of hydrogen-bond acceptors (Lipinski definition) is 7. The van der Waals surface area contributed by atoms with E-state index in [1.807, 2.05) is 19.9 Å². The number of carbonyl (C=O) groups is 1. The molecular formula is C25H25FN2O6. The van der Waals surface area contributed by atoms with Crippen LogP contribution in [0.15, 0.2) is 53.2 Å². The fourth-order valence-corrected chi connectivity index (χ4v) is 4.07. The van der Waals surface area contributed by atoms with Gasteiger partial charge in [0.25, 0.3) is 0 Å². The van der Waals surface area contributed by atoms with Gasteiger partial charge in [-0.25, -0.2) is 9.18 Å². The zero-order chi connectivity index (χ0) is 25.0. The lowest BCUT2D eigenvalue weighted by Crippen LogP contribution is -2.10. The topological polar surface area (TPSA) is 117 Å². The van der Waals surface area contributed by atoms with Crippen molar-refractivity contribution in [3.63, 3.8) is 0 Å². The largest absolute Gasteiger partial charge is 0.496 e. The number of benzene rings is 3. The van der Waals surface area contributed by atoms with Gasteiger partial charge in [-0.3, -0.25) is 10.7 Å². The molecule has 0 fully saturated rings. The van der Waals surface area contributed by atoms with E-state index < -0.39 is 23.3 Å². The van der Waals surface area contributed by atoms with Crippen molar-refractivity contribution in [2.24, 2.45) is 5.18 Å². The van der Waals surface area contributed by atoms with Crippen molar-refractivity contribution in [3.05, 3.63) is 75.5 Å². The molecular weight excluding hydrogens is 443 g/mol. The number of carboxylic acid groups (broad SMARTS) is 1. The zero-order valence-electron chi connectivity index (χ0n) is 19.2. The van der Waals surface area contributed by atoms with Gasteiger partial charge in [-0.05, 0) is 55.3 Å². The first-order valence-electron chi connectivity index (χ1n) is 10.4. The summed E-state index contributed by atoms with van der Waals surface area (Å²) in [5, 5.41) is 22.8. The summed E-state index contributed by atoms with van der Waals surface area (Å²) in [6, 6.07) is 8.71. The third kappa shape index (κ3) is 4.42. The van der Waals surface area contributed by atoms with Gasteiger partial charge < -0.3 is 14.6 Å². The second-order valence-corrected chi connectivity index (χ2v) is 7.87. The van der Waals surface area contributed by atoms with Gasteiger partial charge >= 0.3 is 5.97 Å². The van der Waals surface area contributed by atoms with E-state index in [-0.39, 0.29) is 33.8 Å². The molecule has 0 aromatic heterocycles. The molecule has 0 bridgehead atoms. The molecule has 3 aromatic rings. The number of hydrogen-bond donors (Lipinski definition) is 3. The number of nitroso groups, excluding NO2 is 1. The monoisotopic (exact) mass is 468 g/mol. The van der Waals surface area contributed by atoms with Gasteiger partial charge in [0.15, 0.2) is 0 Å². The molecule has 0 aliphatic rings. The van der Waals surface area contributed by atoms with Crippen LogP contribution >= 0.6 is 0 Å². The van der Waals surface area contributed by atoms with E-state index in [2.05, 4.69) is 10.7 Å². The molecule has 34 heavy (non-hydrogen) atoms. The number of fused-ring (bicyclic) bond motifs is 1. The summed E-state index contributed by atoms with van der Waals surface area (Å²) in [4.78, 5) is 23.2. The van der Waals surface area contributed by atoms with Gasteiger partial charge in [-0.2, -0.15) is 0 Å². The number of methoxy groups -OCH3 is 2. The SMILES string of the molecule is COc1cc(C(CC=C(C)C)c2cccc(C(=O)O)c2F)c(OC)c2c(N=O)ccc(NO)c12. The molecule has 0 amide bonds. The second-order valence-electron chi connectivity index (χ2n) is 7.87. The van der Waals surface area contributed by atoms with Crippen molar-refractivity contribution in [1.29, 1.82) is 0 Å². The molecule has 3 N–H and O–H groups in total. The molecule has 3 rings (SSSR count). The number of allylic oxidation sites excluding steroid dienone is 2. The number of ether oxygens (including phenoxy) is 2. The fourth-order valence-electron chi connectivity index (χ4n) is 4.07. The minimum Gasteiger partial charge on any atom is -0.496 e. The molecule has 0 saturated carbocycles. The average Bonchev–Trinajstić information content (AvgIpc) is 2.83. The first kappa shape index (κ1) is 24.7. The summed E-state index contributed by atoms with van der Waals surface area (Å²) in [6.07, 6.45) is 2.22. The maximum atomic E-state index is 15.4. The molecule has 178 valence electrons. The molecule has 1 atom stereocenters. The quantitative estimate of drug-likeness (QED) is 0.189. The van der Waals surface area contributed by atoms with E-state index in [1.54, 1.807) is 6.07 Å². The Kier molecular flexibility index (Phi) is 7.47. The number of nitrogens with zero attached hydrogens (tertiary/aromatic N) is 1. The first-order chi connectivity index (χ1) is 16.3. The highest BCUT2D eigenvalue weighted by molar-refractivity contribution is 6.09. The summed E-state index contributed by atoms with van der Waals surface area (Å²) in [6.45, 7) is 3.79. The molecule has 0 heterocycles. The zero-order valence-corrected chi connectivity index (χ0v) is 19.2. The van der Waals surface area contributed by atoms with Crippen LogP contribution in [0.4, 0.5) is 15.8 Å². The Morgan fingerprint density at radius 1 is 1.15 bits per heavy atom. The minimum absolute atomic E-state index is 0.0340. The third-order valence-corrected chi connectivity index (χ3v) is 5.62. The summed E-state index contributed by atoms with van der Waals surface area (Å²) in [5.41, 5.74) is 3.51. The van der Waals surface area contributed by atoms with E-state index in [1.165, 1.54) is 44.6 Å². The molecule has 0 spiro atoms. The smallest absolute Gasteiger partial charge is 0.338 e. The van der Waals surface area contributed by atoms with Gasteiger partial charge in [0.1, 0.15) is 23.0 Å². The maximum absolute atomic E-state index is 15.4. The van der Waals surface area contributed by atoms with Crippen molar-refractivity contribution < 1.29 is 29.0 Å². The summed E-state index contributed by atoms with van der Waals surface area (Å²) >= 11 is 0. The van der Waals surface area contributed by atoms with E-state index in [0.717, 1.165) is 5.57 Å². The van der Waals surface area contributed by atoms with Gasteiger partial charge in [0.05, 0.1) is 36.2 Å². The van der Waals surface area contributed by atoms with Crippen LogP contribution in [0.3, 0.4) is 0 Å². The Bertz CT molecular complexity index is 1280. The molecule has 0 saturated heterocycles. The third-order valence-electron chi connectivity index (χ3n) is 5.62. The predicted molar refractivity (Wildman–Crippen MR) is 127 cm³/mol. The van der Waals surface area contributed by atoms with Crippen LogP contribution in [0.5, 0.6) is 11.5 Å². The predicted octanol–water partition coefficient (Wildman–Crippen LogP) is 6.38.